The number of aromatic carboxylic acids is 1. The summed E-state index contributed by atoms with van der Waals surface area (Å²) in [5, 5.41) is 21.2. The van der Waals surface area contributed by atoms with Crippen LogP contribution in [0.1, 0.15) is 66.9 Å². The van der Waals surface area contributed by atoms with E-state index in [2.05, 4.69) is 0 Å². The lowest BCUT2D eigenvalue weighted by Crippen LogP contribution is -2.32. The highest BCUT2D eigenvalue weighted by atomic mass is 35.5. The average molecular weight is 626 g/mol. The fourth-order valence-corrected chi connectivity index (χ4v) is 6.16. The molecule has 2 N–H and O–H groups in total. The van der Waals surface area contributed by atoms with Gasteiger partial charge >= 0.3 is 11.9 Å². The number of rotatable bonds is 4. The van der Waals surface area contributed by atoms with E-state index >= 15 is 0 Å². The van der Waals surface area contributed by atoms with Crippen molar-refractivity contribution in [2.75, 3.05) is 0 Å². The number of amides is 2. The van der Waals surface area contributed by atoms with Gasteiger partial charge in [-0.2, -0.15) is 0 Å². The summed E-state index contributed by atoms with van der Waals surface area (Å²) in [7, 11) is 0. The maximum atomic E-state index is 13.3. The molecule has 1 fully saturated rings. The van der Waals surface area contributed by atoms with Crippen molar-refractivity contribution in [1.29, 1.82) is 0 Å². The van der Waals surface area contributed by atoms with Crippen molar-refractivity contribution in [1.82, 2.24) is 5.06 Å². The molecule has 43 heavy (non-hydrogen) atoms. The van der Waals surface area contributed by atoms with Crippen molar-refractivity contribution in [3.8, 4) is 28.2 Å². The fraction of sp³-hybridized carbons (Fsp3) is 0.258. The highest BCUT2D eigenvalue weighted by Crippen LogP contribution is 2.51. The standard InChI is InChI=1S/C31H25Cl2NO9/c1-10-12(3)26(37)14(5)28-20(10)23(21-11(2)13(4)27(38)15(6)29(21)42-28)24-22(30(39)40)17(32)9-16(25(24)33)31(41)43-34-18(35)7-8-19(34)36/h9,37H,7-8H2,1-6H3,(H,39,40). The molecule has 0 radical (unpaired) electrons. The third kappa shape index (κ3) is 4.35. The van der Waals surface area contributed by atoms with Crippen LogP contribution in [0.25, 0.3) is 33.4 Å². The van der Waals surface area contributed by atoms with Crippen LogP contribution in [0, 0.1) is 41.5 Å². The molecule has 3 aliphatic rings. The van der Waals surface area contributed by atoms with Crippen molar-refractivity contribution in [2.24, 2.45) is 0 Å². The number of carbonyl (C=O) groups is 4. The second-order valence-electron chi connectivity index (χ2n) is 10.5. The van der Waals surface area contributed by atoms with Gasteiger partial charge in [0.2, 0.25) is 0 Å². The van der Waals surface area contributed by atoms with E-state index in [-0.39, 0.29) is 62.1 Å². The Labute approximate surface area is 254 Å². The van der Waals surface area contributed by atoms with E-state index in [1.165, 1.54) is 0 Å². The first-order chi connectivity index (χ1) is 20.1. The predicted molar refractivity (Wildman–Crippen MR) is 158 cm³/mol. The minimum atomic E-state index is -1.47. The number of carbonyl (C=O) groups excluding carboxylic acids is 3. The number of carboxylic acids is 1. The molecule has 0 unspecified atom stereocenters. The van der Waals surface area contributed by atoms with Crippen LogP contribution in [0.15, 0.2) is 15.3 Å². The summed E-state index contributed by atoms with van der Waals surface area (Å²) in [6.45, 7) is 9.87. The Morgan fingerprint density at radius 3 is 2.02 bits per heavy atom. The minimum absolute atomic E-state index is 0.0530. The van der Waals surface area contributed by atoms with Crippen LogP contribution in [-0.2, 0) is 14.4 Å². The number of phenols is 1. The third-order valence-corrected chi connectivity index (χ3v) is 8.88. The van der Waals surface area contributed by atoms with Gasteiger partial charge in [0.05, 0.1) is 21.2 Å². The van der Waals surface area contributed by atoms with Gasteiger partial charge in [-0.05, 0) is 64.3 Å². The lowest BCUT2D eigenvalue weighted by atomic mass is 9.82. The van der Waals surface area contributed by atoms with E-state index in [9.17, 15) is 34.2 Å². The predicted octanol–water partition coefficient (Wildman–Crippen LogP) is 6.35. The topological polar surface area (TPSA) is 151 Å². The van der Waals surface area contributed by atoms with Crippen LogP contribution in [0.4, 0.5) is 0 Å². The summed E-state index contributed by atoms with van der Waals surface area (Å²) >= 11 is 13.4. The molecule has 1 saturated heterocycles. The number of aryl methyl sites for hydroxylation is 2. The zero-order valence-electron chi connectivity index (χ0n) is 23.9. The Morgan fingerprint density at radius 2 is 1.44 bits per heavy atom. The lowest BCUT2D eigenvalue weighted by Gasteiger charge is -2.25. The quantitative estimate of drug-likeness (QED) is 0.195. The molecule has 0 atom stereocenters. The van der Waals surface area contributed by atoms with Gasteiger partial charge in [-0.25, -0.2) is 9.59 Å². The van der Waals surface area contributed by atoms with E-state index in [4.69, 9.17) is 32.5 Å². The molecule has 0 aromatic heterocycles. The van der Waals surface area contributed by atoms with Crippen LogP contribution >= 0.6 is 23.2 Å². The highest BCUT2D eigenvalue weighted by Gasteiger charge is 2.37. The van der Waals surface area contributed by atoms with Crippen LogP contribution in [0.2, 0.25) is 10.0 Å². The van der Waals surface area contributed by atoms with Gasteiger partial charge < -0.3 is 19.5 Å². The van der Waals surface area contributed by atoms with Crippen molar-refractivity contribution < 1.29 is 38.6 Å². The number of carboxylic acid groups (broad SMARTS) is 1. The van der Waals surface area contributed by atoms with Gasteiger partial charge in [-0.1, -0.05) is 23.2 Å². The molecule has 2 aromatic rings. The highest BCUT2D eigenvalue weighted by molar-refractivity contribution is 6.41. The van der Waals surface area contributed by atoms with Gasteiger partial charge in [0.1, 0.15) is 17.1 Å². The molecule has 2 aromatic carbocycles. The summed E-state index contributed by atoms with van der Waals surface area (Å²) in [5.74, 6) is -4.04. The molecule has 2 heterocycles. The lowest BCUT2D eigenvalue weighted by molar-refractivity contribution is -0.172. The number of phenolic OH excluding ortho intramolecular Hbond substituents is 1. The maximum Gasteiger partial charge on any atom is 0.365 e. The fourth-order valence-electron chi connectivity index (χ4n) is 5.55. The van der Waals surface area contributed by atoms with Crippen molar-refractivity contribution in [3.63, 3.8) is 0 Å². The summed E-state index contributed by atoms with van der Waals surface area (Å²) in [5.41, 5.74) is 1.82. The molecule has 222 valence electrons. The number of halogens is 2. The molecule has 0 bridgehead atoms. The zero-order chi connectivity index (χ0) is 31.8. The molecular weight excluding hydrogens is 601 g/mol. The van der Waals surface area contributed by atoms with Gasteiger partial charge in [-0.3, -0.25) is 14.4 Å². The Kier molecular flexibility index (Phi) is 7.27. The number of hydroxylamine groups is 2. The Bertz CT molecular complexity index is 1990. The zero-order valence-corrected chi connectivity index (χ0v) is 25.5. The summed E-state index contributed by atoms with van der Waals surface area (Å²) in [6.07, 6.45) is -0.278. The Balaban J connectivity index is 2.01. The molecule has 0 saturated carbocycles. The largest absolute Gasteiger partial charge is 0.507 e. The van der Waals surface area contributed by atoms with Crippen LogP contribution in [0.3, 0.4) is 0 Å². The number of hydrogen-bond acceptors (Lipinski definition) is 8. The number of fused-ring (bicyclic) bond motifs is 2. The first-order valence-corrected chi connectivity index (χ1v) is 13.9. The van der Waals surface area contributed by atoms with Crippen molar-refractivity contribution in [2.45, 2.75) is 54.4 Å². The average Bonchev–Trinajstić information content (AvgIpc) is 3.28. The first kappa shape index (κ1) is 30.1. The number of aromatic hydroxyl groups is 1. The SMILES string of the molecule is Cc1c2c(-c3c(Cl)c(C(=O)ON4C(=O)CCC4=O)cc(Cl)c3C(=O)O)c3c(C)c(C)c(O)c(C)c3oc-2c(C)c(=O)c1C. The number of hydrogen-bond donors (Lipinski definition) is 2. The molecule has 10 nitrogen and oxygen atoms in total. The summed E-state index contributed by atoms with van der Waals surface area (Å²) in [6, 6.07) is 0.996. The molecular formula is C31H25Cl2NO9. The Hall–Kier alpha value is -4.41. The third-order valence-electron chi connectivity index (χ3n) is 8.19. The van der Waals surface area contributed by atoms with Crippen LogP contribution in [0.5, 0.6) is 5.75 Å². The van der Waals surface area contributed by atoms with E-state index in [0.29, 0.717) is 43.8 Å². The van der Waals surface area contributed by atoms with Gasteiger partial charge in [0.25, 0.3) is 11.8 Å². The number of benzene rings is 3. The second kappa shape index (κ2) is 10.4. The summed E-state index contributed by atoms with van der Waals surface area (Å²) in [4.78, 5) is 68.6. The molecule has 2 aliphatic heterocycles. The molecule has 0 spiro atoms. The molecule has 2 amide bonds. The normalized spacial score (nSPS) is 13.4. The van der Waals surface area contributed by atoms with Crippen LogP contribution < -0.4 is 5.43 Å². The molecule has 12 heteroatoms. The second-order valence-corrected chi connectivity index (χ2v) is 11.3. The van der Waals surface area contributed by atoms with E-state index < -0.39 is 34.9 Å². The van der Waals surface area contributed by atoms with Crippen molar-refractivity contribution in [3.05, 3.63) is 70.8 Å². The Morgan fingerprint density at radius 1 is 0.837 bits per heavy atom. The van der Waals surface area contributed by atoms with Gasteiger partial charge in [0, 0.05) is 51.6 Å². The van der Waals surface area contributed by atoms with E-state index in [1.54, 1.807) is 41.5 Å². The summed E-state index contributed by atoms with van der Waals surface area (Å²) < 4.78 is 6.31. The van der Waals surface area contributed by atoms with Crippen LogP contribution in [-0.4, -0.2) is 39.0 Å². The number of nitrogens with zero attached hydrogens (tertiary/aromatic N) is 1. The molecule has 5 rings (SSSR count). The van der Waals surface area contributed by atoms with E-state index in [0.717, 1.165) is 6.07 Å². The first-order valence-electron chi connectivity index (χ1n) is 13.1. The van der Waals surface area contributed by atoms with Gasteiger partial charge in [0.15, 0.2) is 5.43 Å². The minimum Gasteiger partial charge on any atom is -0.507 e. The van der Waals surface area contributed by atoms with Crippen molar-refractivity contribution >= 4 is 57.9 Å². The monoisotopic (exact) mass is 625 g/mol. The van der Waals surface area contributed by atoms with Gasteiger partial charge in [-0.15, -0.1) is 5.06 Å². The molecule has 1 aliphatic carbocycles. The smallest absolute Gasteiger partial charge is 0.365 e. The number of imide groups is 1. The maximum absolute atomic E-state index is 13.3. The van der Waals surface area contributed by atoms with E-state index in [1.807, 2.05) is 0 Å².